The van der Waals surface area contributed by atoms with E-state index in [0.29, 0.717) is 34.1 Å². The Bertz CT molecular complexity index is 1880. The SMILES string of the molecule is COc1ccc2c(Oc3ccc(NC(=O)c4c(C)n(C[C@@H](C)OC(=O)[C@H](C)N)n(-c5ccccc5)c4=O)nc3)ccnc2c1.Cl.Cl. The largest absolute Gasteiger partial charge is 0.497 e. The van der Waals surface area contributed by atoms with Crippen molar-refractivity contribution in [2.45, 2.75) is 39.5 Å². The summed E-state index contributed by atoms with van der Waals surface area (Å²) in [6.45, 7) is 5.00. The second-order valence-corrected chi connectivity index (χ2v) is 10.2. The number of rotatable bonds is 10. The van der Waals surface area contributed by atoms with Gasteiger partial charge in [0.25, 0.3) is 11.5 Å². The Kier molecular flexibility index (Phi) is 11.9. The summed E-state index contributed by atoms with van der Waals surface area (Å²) >= 11 is 0. The number of ether oxygens (including phenoxy) is 3. The maximum absolute atomic E-state index is 13.7. The Labute approximate surface area is 277 Å². The van der Waals surface area contributed by atoms with Gasteiger partial charge in [-0.05, 0) is 63.2 Å². The molecule has 0 fully saturated rings. The van der Waals surface area contributed by atoms with Gasteiger partial charge >= 0.3 is 5.97 Å². The van der Waals surface area contributed by atoms with Crippen LogP contribution in [-0.2, 0) is 16.1 Å². The van der Waals surface area contributed by atoms with E-state index in [1.54, 1.807) is 74.3 Å². The molecule has 2 atom stereocenters. The first-order valence-electron chi connectivity index (χ1n) is 13.9. The number of methoxy groups -OCH3 is 1. The van der Waals surface area contributed by atoms with Gasteiger partial charge in [-0.3, -0.25) is 24.0 Å². The summed E-state index contributed by atoms with van der Waals surface area (Å²) in [4.78, 5) is 47.9. The van der Waals surface area contributed by atoms with E-state index in [-0.39, 0.29) is 42.7 Å². The van der Waals surface area contributed by atoms with Crippen molar-refractivity contribution in [2.24, 2.45) is 5.73 Å². The summed E-state index contributed by atoms with van der Waals surface area (Å²) in [6, 6.07) is 18.6. The Morgan fingerprint density at radius 2 is 1.70 bits per heavy atom. The molecular formula is C32H34Cl2N6O6. The lowest BCUT2D eigenvalue weighted by Crippen LogP contribution is -2.34. The standard InChI is InChI=1S/C32H32N6O6.2ClH/c1-19(43-32(41)20(2)33)18-37-21(3)29(31(40)38(37)22-8-6-5-7-9-22)30(39)36-28-13-11-24(17-35-28)44-27-14-15-34-26-16-23(42-4)10-12-25(26)27;;/h5-17,19-20H,18,33H2,1-4H3,(H,35,36,39);2*1H/t19-,20+;;/m1../s1. The van der Waals surface area contributed by atoms with Crippen molar-refractivity contribution in [3.63, 3.8) is 0 Å². The van der Waals surface area contributed by atoms with Gasteiger partial charge in [0.15, 0.2) is 0 Å². The molecule has 0 unspecified atom stereocenters. The molecule has 242 valence electrons. The minimum Gasteiger partial charge on any atom is -0.497 e. The predicted molar refractivity (Wildman–Crippen MR) is 179 cm³/mol. The predicted octanol–water partition coefficient (Wildman–Crippen LogP) is 5.07. The number of halogens is 2. The average Bonchev–Trinajstić information content (AvgIpc) is 3.26. The van der Waals surface area contributed by atoms with Crippen molar-refractivity contribution in [3.05, 3.63) is 101 Å². The number of benzene rings is 2. The molecule has 1 amide bonds. The Morgan fingerprint density at radius 3 is 2.35 bits per heavy atom. The van der Waals surface area contributed by atoms with E-state index in [1.807, 2.05) is 24.3 Å². The fraction of sp³-hybridized carbons (Fsp3) is 0.219. The lowest BCUT2D eigenvalue weighted by atomic mass is 10.2. The number of hydrogen-bond donors (Lipinski definition) is 2. The lowest BCUT2D eigenvalue weighted by Gasteiger charge is -2.19. The third-order valence-electron chi connectivity index (χ3n) is 6.86. The zero-order valence-electron chi connectivity index (χ0n) is 25.5. The molecule has 0 saturated carbocycles. The van der Waals surface area contributed by atoms with Crippen molar-refractivity contribution in [1.29, 1.82) is 0 Å². The quantitative estimate of drug-likeness (QED) is 0.194. The van der Waals surface area contributed by atoms with Crippen molar-refractivity contribution in [3.8, 4) is 22.9 Å². The normalized spacial score (nSPS) is 11.8. The third kappa shape index (κ3) is 7.65. The molecule has 3 aromatic heterocycles. The molecular weight excluding hydrogens is 635 g/mol. The van der Waals surface area contributed by atoms with Gasteiger partial charge in [-0.2, -0.15) is 0 Å². The van der Waals surface area contributed by atoms with Gasteiger partial charge in [0, 0.05) is 17.6 Å². The van der Waals surface area contributed by atoms with E-state index < -0.39 is 29.6 Å². The molecule has 0 spiro atoms. The van der Waals surface area contributed by atoms with E-state index in [0.717, 1.165) is 5.39 Å². The molecule has 12 nitrogen and oxygen atoms in total. The molecule has 0 aliphatic carbocycles. The summed E-state index contributed by atoms with van der Waals surface area (Å²) in [6.07, 6.45) is 2.48. The van der Waals surface area contributed by atoms with Crippen LogP contribution in [0.2, 0.25) is 0 Å². The van der Waals surface area contributed by atoms with Crippen LogP contribution in [0, 0.1) is 6.92 Å². The van der Waals surface area contributed by atoms with Crippen molar-refractivity contribution < 1.29 is 23.8 Å². The highest BCUT2D eigenvalue weighted by Crippen LogP contribution is 2.30. The number of pyridine rings is 2. The zero-order valence-corrected chi connectivity index (χ0v) is 27.1. The molecule has 3 heterocycles. The van der Waals surface area contributed by atoms with Crippen LogP contribution < -0.4 is 26.1 Å². The molecule has 0 aliphatic rings. The van der Waals surface area contributed by atoms with Crippen LogP contribution in [0.1, 0.15) is 29.9 Å². The van der Waals surface area contributed by atoms with Crippen LogP contribution in [0.3, 0.4) is 0 Å². The summed E-state index contributed by atoms with van der Waals surface area (Å²) in [5.41, 5.74) is 6.69. The Balaban J connectivity index is 0.00000288. The highest BCUT2D eigenvalue weighted by atomic mass is 35.5. The molecule has 0 radical (unpaired) electrons. The van der Waals surface area contributed by atoms with Gasteiger partial charge in [0.2, 0.25) is 0 Å². The van der Waals surface area contributed by atoms with Crippen molar-refractivity contribution in [1.82, 2.24) is 19.3 Å². The first-order valence-corrected chi connectivity index (χ1v) is 13.9. The van der Waals surface area contributed by atoms with Crippen LogP contribution in [0.25, 0.3) is 16.6 Å². The van der Waals surface area contributed by atoms with Crippen LogP contribution in [0.4, 0.5) is 5.82 Å². The number of nitrogens with one attached hydrogen (secondary N) is 1. The minimum absolute atomic E-state index is 0. The topological polar surface area (TPSA) is 153 Å². The third-order valence-corrected chi connectivity index (χ3v) is 6.86. The summed E-state index contributed by atoms with van der Waals surface area (Å²) in [7, 11) is 1.59. The van der Waals surface area contributed by atoms with E-state index in [4.69, 9.17) is 19.9 Å². The van der Waals surface area contributed by atoms with Gasteiger partial charge < -0.3 is 25.3 Å². The first kappa shape index (κ1) is 35.6. The molecule has 5 rings (SSSR count). The van der Waals surface area contributed by atoms with Crippen molar-refractivity contribution >= 4 is 53.4 Å². The molecule has 0 bridgehead atoms. The number of para-hydroxylation sites is 1. The maximum Gasteiger partial charge on any atom is 0.322 e. The van der Waals surface area contributed by atoms with Gasteiger partial charge in [-0.25, -0.2) is 9.67 Å². The number of hydrogen-bond acceptors (Lipinski definition) is 9. The molecule has 0 aliphatic heterocycles. The summed E-state index contributed by atoms with van der Waals surface area (Å²) in [5, 5.41) is 3.50. The number of carbonyl (C=O) groups excluding carboxylic acids is 2. The maximum atomic E-state index is 13.7. The summed E-state index contributed by atoms with van der Waals surface area (Å²) in [5.74, 6) is 0.731. The minimum atomic E-state index is -0.793. The molecule has 46 heavy (non-hydrogen) atoms. The average molecular weight is 670 g/mol. The van der Waals surface area contributed by atoms with E-state index in [2.05, 4.69) is 15.3 Å². The molecule has 14 heteroatoms. The zero-order chi connectivity index (χ0) is 31.4. The Morgan fingerprint density at radius 1 is 0.978 bits per heavy atom. The number of nitrogens with zero attached hydrogens (tertiary/aromatic N) is 4. The van der Waals surface area contributed by atoms with Gasteiger partial charge in [0.05, 0.1) is 36.7 Å². The van der Waals surface area contributed by atoms with E-state index in [1.165, 1.54) is 17.8 Å². The van der Waals surface area contributed by atoms with Crippen LogP contribution in [0.15, 0.2) is 83.9 Å². The highest BCUT2D eigenvalue weighted by molar-refractivity contribution is 6.04. The van der Waals surface area contributed by atoms with E-state index in [9.17, 15) is 14.4 Å². The van der Waals surface area contributed by atoms with Crippen LogP contribution in [0.5, 0.6) is 17.2 Å². The fourth-order valence-corrected chi connectivity index (χ4v) is 4.68. The van der Waals surface area contributed by atoms with Crippen LogP contribution >= 0.6 is 24.8 Å². The number of anilines is 1. The monoisotopic (exact) mass is 668 g/mol. The second-order valence-electron chi connectivity index (χ2n) is 10.2. The Hall–Kier alpha value is -4.91. The number of amides is 1. The molecule has 2 aromatic carbocycles. The number of nitrogens with two attached hydrogens (primary N) is 1. The molecule has 0 saturated heterocycles. The van der Waals surface area contributed by atoms with Gasteiger partial charge in [-0.1, -0.05) is 18.2 Å². The fourth-order valence-electron chi connectivity index (χ4n) is 4.68. The summed E-state index contributed by atoms with van der Waals surface area (Å²) < 4.78 is 19.7. The number of fused-ring (bicyclic) bond motifs is 1. The number of carbonyl (C=O) groups is 2. The number of esters is 1. The molecule has 3 N–H and O–H groups in total. The van der Waals surface area contributed by atoms with Gasteiger partial charge in [0.1, 0.15) is 40.8 Å². The smallest absolute Gasteiger partial charge is 0.322 e. The highest BCUT2D eigenvalue weighted by Gasteiger charge is 2.26. The lowest BCUT2D eigenvalue weighted by molar-refractivity contribution is -0.150. The van der Waals surface area contributed by atoms with E-state index >= 15 is 0 Å². The number of aromatic nitrogens is 4. The molecule has 5 aromatic rings. The van der Waals surface area contributed by atoms with Gasteiger partial charge in [-0.15, -0.1) is 24.8 Å². The first-order chi connectivity index (χ1) is 21.2. The second kappa shape index (κ2) is 15.4. The van der Waals surface area contributed by atoms with Crippen molar-refractivity contribution in [2.75, 3.05) is 12.4 Å². The van der Waals surface area contributed by atoms with Crippen LogP contribution in [-0.4, -0.2) is 50.5 Å².